The van der Waals surface area contributed by atoms with Gasteiger partial charge < -0.3 is 10.2 Å². The largest absolute Gasteiger partial charge is 0.357 e. The fourth-order valence-electron chi connectivity index (χ4n) is 3.77. The van der Waals surface area contributed by atoms with Gasteiger partial charge in [-0.25, -0.2) is 13.4 Å². The van der Waals surface area contributed by atoms with Crippen molar-refractivity contribution in [3.63, 3.8) is 0 Å². The van der Waals surface area contributed by atoms with Gasteiger partial charge in [-0.05, 0) is 67.8 Å². The Balaban J connectivity index is 1.37. The Morgan fingerprint density at radius 3 is 2.27 bits per heavy atom. The summed E-state index contributed by atoms with van der Waals surface area (Å²) in [5.74, 6) is 0.747. The van der Waals surface area contributed by atoms with Gasteiger partial charge in [0.25, 0.3) is 15.9 Å². The molecule has 8 heteroatoms. The van der Waals surface area contributed by atoms with Crippen molar-refractivity contribution >= 4 is 27.4 Å². The van der Waals surface area contributed by atoms with Gasteiger partial charge in [-0.3, -0.25) is 9.10 Å². The van der Waals surface area contributed by atoms with Crippen molar-refractivity contribution in [3.8, 4) is 0 Å². The molecule has 1 aliphatic rings. The molecule has 172 valence electrons. The molecule has 3 aromatic rings. The standard InChI is InChI=1S/C25H28N4O3S/c1-19-5-12-23(13-6-19)33(31,32)28(2)22-10-8-21(9-11-22)25(30)27-18-20-7-14-24(26-17-20)29-15-3-4-16-29/h5-14,17H,3-4,15-16,18H2,1-2H3,(H,27,30). The molecule has 1 aliphatic heterocycles. The summed E-state index contributed by atoms with van der Waals surface area (Å²) in [6, 6.07) is 17.2. The van der Waals surface area contributed by atoms with E-state index in [0.717, 1.165) is 30.0 Å². The molecule has 2 heterocycles. The average Bonchev–Trinajstić information content (AvgIpc) is 3.38. The van der Waals surface area contributed by atoms with Gasteiger partial charge in [0.2, 0.25) is 0 Å². The molecule has 0 bridgehead atoms. The van der Waals surface area contributed by atoms with Crippen molar-refractivity contribution in [2.75, 3.05) is 29.3 Å². The van der Waals surface area contributed by atoms with Crippen LogP contribution in [0, 0.1) is 6.92 Å². The lowest BCUT2D eigenvalue weighted by Gasteiger charge is -2.20. The molecule has 1 aromatic heterocycles. The van der Waals surface area contributed by atoms with Gasteiger partial charge >= 0.3 is 0 Å². The van der Waals surface area contributed by atoms with Crippen LogP contribution in [0.3, 0.4) is 0 Å². The van der Waals surface area contributed by atoms with E-state index < -0.39 is 10.0 Å². The van der Waals surface area contributed by atoms with Crippen LogP contribution in [0.4, 0.5) is 11.5 Å². The topological polar surface area (TPSA) is 82.6 Å². The molecule has 4 rings (SSSR count). The number of sulfonamides is 1. The highest BCUT2D eigenvalue weighted by Crippen LogP contribution is 2.23. The van der Waals surface area contributed by atoms with Crippen LogP contribution in [0.15, 0.2) is 71.8 Å². The van der Waals surface area contributed by atoms with Crippen molar-refractivity contribution in [2.24, 2.45) is 0 Å². The predicted molar refractivity (Wildman–Crippen MR) is 130 cm³/mol. The molecule has 0 saturated carbocycles. The summed E-state index contributed by atoms with van der Waals surface area (Å²) >= 11 is 0. The molecule has 0 aliphatic carbocycles. The molecule has 1 amide bonds. The first-order valence-corrected chi connectivity index (χ1v) is 12.4. The van der Waals surface area contributed by atoms with Crippen LogP contribution in [0.2, 0.25) is 0 Å². The first-order chi connectivity index (χ1) is 15.8. The first kappa shape index (κ1) is 22.8. The minimum Gasteiger partial charge on any atom is -0.357 e. The number of rotatable bonds is 7. The smallest absolute Gasteiger partial charge is 0.264 e. The summed E-state index contributed by atoms with van der Waals surface area (Å²) in [6.07, 6.45) is 4.19. The lowest BCUT2D eigenvalue weighted by Crippen LogP contribution is -2.27. The summed E-state index contributed by atoms with van der Waals surface area (Å²) in [4.78, 5) is 19.5. The maximum atomic E-state index is 12.9. The molecule has 1 N–H and O–H groups in total. The second-order valence-corrected chi connectivity index (χ2v) is 10.2. The fourth-order valence-corrected chi connectivity index (χ4v) is 4.96. The molecule has 0 unspecified atom stereocenters. The number of benzene rings is 2. The van der Waals surface area contributed by atoms with Crippen molar-refractivity contribution in [1.29, 1.82) is 0 Å². The molecule has 1 saturated heterocycles. The minimum absolute atomic E-state index is 0.224. The van der Waals surface area contributed by atoms with E-state index >= 15 is 0 Å². The van der Waals surface area contributed by atoms with Crippen molar-refractivity contribution in [3.05, 3.63) is 83.6 Å². The number of nitrogens with one attached hydrogen (secondary N) is 1. The second-order valence-electron chi connectivity index (χ2n) is 8.23. The van der Waals surface area contributed by atoms with Gasteiger partial charge in [0, 0.05) is 38.4 Å². The fraction of sp³-hybridized carbons (Fsp3) is 0.280. The lowest BCUT2D eigenvalue weighted by molar-refractivity contribution is 0.0951. The Labute approximate surface area is 195 Å². The molecule has 0 spiro atoms. The SMILES string of the molecule is Cc1ccc(S(=O)(=O)N(C)c2ccc(C(=O)NCc3ccc(N4CCCC4)nc3)cc2)cc1. The van der Waals surface area contributed by atoms with E-state index in [-0.39, 0.29) is 10.8 Å². The third-order valence-corrected chi connectivity index (χ3v) is 7.66. The zero-order valence-corrected chi connectivity index (χ0v) is 19.7. The van der Waals surface area contributed by atoms with Crippen LogP contribution in [0.25, 0.3) is 0 Å². The molecule has 0 radical (unpaired) electrons. The number of carbonyl (C=O) groups is 1. The Morgan fingerprint density at radius 1 is 1.00 bits per heavy atom. The summed E-state index contributed by atoms with van der Waals surface area (Å²) in [5.41, 5.74) is 2.85. The van der Waals surface area contributed by atoms with Crippen molar-refractivity contribution in [2.45, 2.75) is 31.2 Å². The molecule has 1 fully saturated rings. The van der Waals surface area contributed by atoms with Gasteiger partial charge in [-0.2, -0.15) is 0 Å². The maximum absolute atomic E-state index is 12.9. The van der Waals surface area contributed by atoms with Crippen LogP contribution in [0.5, 0.6) is 0 Å². The highest BCUT2D eigenvalue weighted by Gasteiger charge is 2.21. The van der Waals surface area contributed by atoms with Crippen molar-refractivity contribution < 1.29 is 13.2 Å². The molecule has 33 heavy (non-hydrogen) atoms. The van der Waals surface area contributed by atoms with E-state index in [1.165, 1.54) is 24.2 Å². The predicted octanol–water partition coefficient (Wildman–Crippen LogP) is 3.75. The number of carbonyl (C=O) groups excluding carboxylic acids is 1. The van der Waals surface area contributed by atoms with Crippen LogP contribution in [-0.2, 0) is 16.6 Å². The van der Waals surface area contributed by atoms with Crippen LogP contribution < -0.4 is 14.5 Å². The maximum Gasteiger partial charge on any atom is 0.264 e. The number of anilines is 2. The van der Waals surface area contributed by atoms with E-state index in [4.69, 9.17) is 0 Å². The zero-order valence-electron chi connectivity index (χ0n) is 18.9. The highest BCUT2D eigenvalue weighted by molar-refractivity contribution is 7.92. The van der Waals surface area contributed by atoms with Gasteiger partial charge in [-0.15, -0.1) is 0 Å². The Bertz CT molecular complexity index is 1200. The monoisotopic (exact) mass is 464 g/mol. The summed E-state index contributed by atoms with van der Waals surface area (Å²) < 4.78 is 27.0. The Kier molecular flexibility index (Phi) is 6.65. The van der Waals surface area contributed by atoms with Gasteiger partial charge in [-0.1, -0.05) is 23.8 Å². The van der Waals surface area contributed by atoms with Gasteiger partial charge in [0.1, 0.15) is 5.82 Å². The third kappa shape index (κ3) is 5.17. The highest BCUT2D eigenvalue weighted by atomic mass is 32.2. The Morgan fingerprint density at radius 2 is 1.67 bits per heavy atom. The van der Waals surface area contributed by atoms with E-state index in [1.54, 1.807) is 54.7 Å². The van der Waals surface area contributed by atoms with E-state index in [9.17, 15) is 13.2 Å². The molecule has 7 nitrogen and oxygen atoms in total. The number of aromatic nitrogens is 1. The lowest BCUT2D eigenvalue weighted by atomic mass is 10.2. The van der Waals surface area contributed by atoms with Crippen LogP contribution >= 0.6 is 0 Å². The number of aryl methyl sites for hydroxylation is 1. The normalized spacial score (nSPS) is 13.7. The number of hydrogen-bond donors (Lipinski definition) is 1. The van der Waals surface area contributed by atoms with Crippen molar-refractivity contribution in [1.82, 2.24) is 10.3 Å². The Hall–Kier alpha value is -3.39. The molecular weight excluding hydrogens is 436 g/mol. The summed E-state index contributed by atoms with van der Waals surface area (Å²) in [7, 11) is -2.17. The second kappa shape index (κ2) is 9.62. The quantitative estimate of drug-likeness (QED) is 0.576. The number of amides is 1. The molecule has 2 aromatic carbocycles. The zero-order chi connectivity index (χ0) is 23.4. The van der Waals surface area contributed by atoms with E-state index in [0.29, 0.717) is 17.8 Å². The van der Waals surface area contributed by atoms with E-state index in [2.05, 4.69) is 15.2 Å². The minimum atomic E-state index is -3.68. The number of pyridine rings is 1. The first-order valence-electron chi connectivity index (χ1n) is 11.0. The van der Waals surface area contributed by atoms with Crippen LogP contribution in [0.1, 0.15) is 34.3 Å². The van der Waals surface area contributed by atoms with Crippen LogP contribution in [-0.4, -0.2) is 39.4 Å². The van der Waals surface area contributed by atoms with Gasteiger partial charge in [0.05, 0.1) is 10.6 Å². The van der Waals surface area contributed by atoms with Gasteiger partial charge in [0.15, 0.2) is 0 Å². The molecular formula is C25H28N4O3S. The van der Waals surface area contributed by atoms with E-state index in [1.807, 2.05) is 19.1 Å². The average molecular weight is 465 g/mol. The molecule has 0 atom stereocenters. The third-order valence-electron chi connectivity index (χ3n) is 5.86. The summed E-state index contributed by atoms with van der Waals surface area (Å²) in [5, 5.41) is 2.89. The summed E-state index contributed by atoms with van der Waals surface area (Å²) in [6.45, 7) is 4.36. The number of hydrogen-bond acceptors (Lipinski definition) is 5. The number of nitrogens with zero attached hydrogens (tertiary/aromatic N) is 3.